The van der Waals surface area contributed by atoms with Gasteiger partial charge in [0.15, 0.2) is 0 Å². The summed E-state index contributed by atoms with van der Waals surface area (Å²) in [6.45, 7) is 5.12. The van der Waals surface area contributed by atoms with Crippen LogP contribution in [0, 0.1) is 13.8 Å². The van der Waals surface area contributed by atoms with Crippen molar-refractivity contribution in [2.75, 3.05) is 13.1 Å². The number of amides is 1. The first kappa shape index (κ1) is 20.6. The van der Waals surface area contributed by atoms with Crippen LogP contribution in [0.2, 0.25) is 0 Å². The Balaban J connectivity index is 1.95. The molecule has 1 fully saturated rings. The van der Waals surface area contributed by atoms with E-state index in [0.29, 0.717) is 30.0 Å². The fourth-order valence-corrected chi connectivity index (χ4v) is 5.31. The molecule has 0 aliphatic carbocycles. The fraction of sp³-hybridized carbons (Fsp3) is 0.476. The summed E-state index contributed by atoms with van der Waals surface area (Å²) in [4.78, 5) is 15.2. The molecule has 0 atom stereocenters. The normalized spacial score (nSPS) is 15.5. The number of sulfonamides is 1. The van der Waals surface area contributed by atoms with Gasteiger partial charge < -0.3 is 9.47 Å². The molecule has 1 aromatic heterocycles. The van der Waals surface area contributed by atoms with Crippen molar-refractivity contribution in [2.45, 2.75) is 51.0 Å². The van der Waals surface area contributed by atoms with Gasteiger partial charge in [-0.25, -0.2) is 13.1 Å². The molecule has 1 aromatic carbocycles. The first-order valence-corrected chi connectivity index (χ1v) is 11.3. The number of nitrogens with zero attached hydrogens (tertiary/aromatic N) is 2. The third-order valence-corrected chi connectivity index (χ3v) is 7.17. The van der Waals surface area contributed by atoms with Crippen LogP contribution in [0.3, 0.4) is 0 Å². The zero-order valence-electron chi connectivity index (χ0n) is 16.9. The van der Waals surface area contributed by atoms with Gasteiger partial charge in [0.25, 0.3) is 5.91 Å². The standard InChI is InChI=1S/C21H29N3O3S/c1-16-19(21(25)24-13-9-4-5-10-14-24)20(17(2)23(16)3)28(26,27)22-15-18-11-7-6-8-12-18/h6-8,11-12,22H,4-5,9-10,13-15H2,1-3H3. The second-order valence-corrected chi connectivity index (χ2v) is 9.15. The maximum Gasteiger partial charge on any atom is 0.257 e. The van der Waals surface area contributed by atoms with Gasteiger partial charge in [0.05, 0.1) is 5.56 Å². The number of hydrogen-bond acceptors (Lipinski definition) is 3. The Kier molecular flexibility index (Phi) is 6.25. The number of rotatable bonds is 5. The third kappa shape index (κ3) is 4.15. The van der Waals surface area contributed by atoms with E-state index < -0.39 is 10.0 Å². The molecular formula is C21H29N3O3S. The molecular weight excluding hydrogens is 374 g/mol. The zero-order valence-corrected chi connectivity index (χ0v) is 17.7. The Morgan fingerprint density at radius 3 is 2.21 bits per heavy atom. The van der Waals surface area contributed by atoms with Gasteiger partial charge in [-0.1, -0.05) is 43.2 Å². The van der Waals surface area contributed by atoms with Gasteiger partial charge in [-0.2, -0.15) is 0 Å². The summed E-state index contributed by atoms with van der Waals surface area (Å²) in [7, 11) is -2.03. The smallest absolute Gasteiger partial charge is 0.257 e. The lowest BCUT2D eigenvalue weighted by atomic mass is 10.2. The number of likely N-dealkylation sites (tertiary alicyclic amines) is 1. The summed E-state index contributed by atoms with van der Waals surface area (Å²) in [5.41, 5.74) is 2.45. The number of nitrogens with one attached hydrogen (secondary N) is 1. The molecule has 0 spiro atoms. The van der Waals surface area contributed by atoms with E-state index in [1.165, 1.54) is 0 Å². The summed E-state index contributed by atoms with van der Waals surface area (Å²) in [5, 5.41) is 0. The van der Waals surface area contributed by atoms with Gasteiger partial charge in [0, 0.05) is 38.1 Å². The Hall–Kier alpha value is -2.12. The van der Waals surface area contributed by atoms with Crippen molar-refractivity contribution in [1.29, 1.82) is 0 Å². The number of benzene rings is 1. The highest BCUT2D eigenvalue weighted by molar-refractivity contribution is 7.89. The van der Waals surface area contributed by atoms with E-state index in [-0.39, 0.29) is 17.3 Å². The monoisotopic (exact) mass is 403 g/mol. The van der Waals surface area contributed by atoms with Gasteiger partial charge in [-0.15, -0.1) is 0 Å². The molecule has 1 saturated heterocycles. The van der Waals surface area contributed by atoms with Crippen LogP contribution in [0.5, 0.6) is 0 Å². The lowest BCUT2D eigenvalue weighted by molar-refractivity contribution is 0.0757. The highest BCUT2D eigenvalue weighted by Crippen LogP contribution is 2.28. The van der Waals surface area contributed by atoms with Crippen LogP contribution in [0.15, 0.2) is 35.2 Å². The number of aromatic nitrogens is 1. The van der Waals surface area contributed by atoms with Gasteiger partial charge in [0.2, 0.25) is 10.0 Å². The first-order chi connectivity index (χ1) is 13.3. The summed E-state index contributed by atoms with van der Waals surface area (Å²) in [6, 6.07) is 9.37. The van der Waals surface area contributed by atoms with Gasteiger partial charge in [-0.3, -0.25) is 4.79 Å². The third-order valence-electron chi connectivity index (χ3n) is 5.61. The van der Waals surface area contributed by atoms with Crippen LogP contribution in [0.25, 0.3) is 0 Å². The van der Waals surface area contributed by atoms with Crippen molar-refractivity contribution >= 4 is 15.9 Å². The molecule has 0 saturated carbocycles. The molecule has 0 radical (unpaired) electrons. The van der Waals surface area contributed by atoms with E-state index in [9.17, 15) is 13.2 Å². The van der Waals surface area contributed by atoms with E-state index in [1.54, 1.807) is 18.5 Å². The van der Waals surface area contributed by atoms with Crippen molar-refractivity contribution in [3.8, 4) is 0 Å². The van der Waals surface area contributed by atoms with E-state index in [1.807, 2.05) is 42.2 Å². The minimum atomic E-state index is -3.83. The zero-order chi connectivity index (χ0) is 20.3. The predicted octanol–water partition coefficient (Wildman–Crippen LogP) is 3.14. The molecule has 1 aliphatic heterocycles. The maximum atomic E-state index is 13.3. The molecule has 0 bridgehead atoms. The lowest BCUT2D eigenvalue weighted by Gasteiger charge is -2.21. The van der Waals surface area contributed by atoms with E-state index in [4.69, 9.17) is 0 Å². The molecule has 6 nitrogen and oxygen atoms in total. The van der Waals surface area contributed by atoms with E-state index in [0.717, 1.165) is 31.2 Å². The van der Waals surface area contributed by atoms with Crippen LogP contribution >= 0.6 is 0 Å². The highest BCUT2D eigenvalue weighted by atomic mass is 32.2. The summed E-state index contributed by atoms with van der Waals surface area (Å²) < 4.78 is 30.8. The lowest BCUT2D eigenvalue weighted by Crippen LogP contribution is -2.34. The fourth-order valence-electron chi connectivity index (χ4n) is 3.78. The minimum Gasteiger partial charge on any atom is -0.350 e. The summed E-state index contributed by atoms with van der Waals surface area (Å²) >= 11 is 0. The second kappa shape index (κ2) is 8.49. The van der Waals surface area contributed by atoms with Crippen LogP contribution in [-0.4, -0.2) is 36.9 Å². The van der Waals surface area contributed by atoms with Crippen molar-refractivity contribution in [2.24, 2.45) is 7.05 Å². The van der Waals surface area contributed by atoms with Crippen LogP contribution in [-0.2, 0) is 23.6 Å². The molecule has 1 N–H and O–H groups in total. The highest BCUT2D eigenvalue weighted by Gasteiger charge is 2.32. The molecule has 1 aliphatic rings. The quantitative estimate of drug-likeness (QED) is 0.834. The molecule has 28 heavy (non-hydrogen) atoms. The topological polar surface area (TPSA) is 71.4 Å². The number of carbonyl (C=O) groups is 1. The van der Waals surface area contributed by atoms with Crippen molar-refractivity contribution in [3.63, 3.8) is 0 Å². The summed E-state index contributed by atoms with van der Waals surface area (Å²) in [6.07, 6.45) is 4.15. The number of hydrogen-bond donors (Lipinski definition) is 1. The molecule has 3 rings (SSSR count). The second-order valence-electron chi connectivity index (χ2n) is 7.45. The van der Waals surface area contributed by atoms with Crippen LogP contribution in [0.1, 0.15) is 53.0 Å². The average Bonchev–Trinajstić information content (AvgIpc) is 2.89. The van der Waals surface area contributed by atoms with Gasteiger partial charge in [0.1, 0.15) is 4.90 Å². The van der Waals surface area contributed by atoms with Crippen molar-refractivity contribution in [3.05, 3.63) is 52.8 Å². The molecule has 2 aromatic rings. The number of carbonyl (C=O) groups excluding carboxylic acids is 1. The van der Waals surface area contributed by atoms with Crippen LogP contribution < -0.4 is 4.72 Å². The van der Waals surface area contributed by atoms with Crippen LogP contribution in [0.4, 0.5) is 0 Å². The average molecular weight is 404 g/mol. The Morgan fingerprint density at radius 2 is 1.61 bits per heavy atom. The van der Waals surface area contributed by atoms with Gasteiger partial charge >= 0.3 is 0 Å². The molecule has 1 amide bonds. The molecule has 0 unspecified atom stereocenters. The van der Waals surface area contributed by atoms with Crippen molar-refractivity contribution < 1.29 is 13.2 Å². The Morgan fingerprint density at radius 1 is 1.00 bits per heavy atom. The first-order valence-electron chi connectivity index (χ1n) is 9.81. The molecule has 2 heterocycles. The Bertz CT molecular complexity index is 941. The Labute approximate surface area is 167 Å². The van der Waals surface area contributed by atoms with E-state index >= 15 is 0 Å². The largest absolute Gasteiger partial charge is 0.350 e. The SMILES string of the molecule is Cc1c(C(=O)N2CCCCCC2)c(S(=O)(=O)NCc2ccccc2)c(C)n1C. The van der Waals surface area contributed by atoms with Crippen molar-refractivity contribution in [1.82, 2.24) is 14.2 Å². The molecule has 152 valence electrons. The summed E-state index contributed by atoms with van der Waals surface area (Å²) in [5.74, 6) is -0.178. The van der Waals surface area contributed by atoms with E-state index in [2.05, 4.69) is 4.72 Å². The van der Waals surface area contributed by atoms with Gasteiger partial charge in [-0.05, 0) is 32.3 Å². The predicted molar refractivity (Wildman–Crippen MR) is 110 cm³/mol. The molecule has 7 heteroatoms. The minimum absolute atomic E-state index is 0.109. The maximum absolute atomic E-state index is 13.3.